The SMILES string of the molecule is CCC(O)C(=O)Cc1cccnc1N. The zero-order chi connectivity index (χ0) is 10.6. The molecule has 0 aliphatic heterocycles. The Kier molecular flexibility index (Phi) is 3.59. The van der Waals surface area contributed by atoms with Gasteiger partial charge in [-0.3, -0.25) is 4.79 Å². The maximum Gasteiger partial charge on any atom is 0.165 e. The van der Waals surface area contributed by atoms with Gasteiger partial charge in [-0.2, -0.15) is 0 Å². The Balaban J connectivity index is 2.70. The molecule has 1 heterocycles. The number of nitrogen functional groups attached to an aromatic ring is 1. The van der Waals surface area contributed by atoms with Gasteiger partial charge in [0.1, 0.15) is 11.9 Å². The molecule has 1 aromatic rings. The molecule has 0 saturated carbocycles. The minimum absolute atomic E-state index is 0.147. The van der Waals surface area contributed by atoms with Gasteiger partial charge in [-0.25, -0.2) is 4.98 Å². The Morgan fingerprint density at radius 2 is 2.43 bits per heavy atom. The van der Waals surface area contributed by atoms with Gasteiger partial charge in [-0.05, 0) is 12.5 Å². The van der Waals surface area contributed by atoms with Gasteiger partial charge in [0, 0.05) is 18.2 Å². The summed E-state index contributed by atoms with van der Waals surface area (Å²) in [6, 6.07) is 3.46. The van der Waals surface area contributed by atoms with Crippen LogP contribution in [0.3, 0.4) is 0 Å². The largest absolute Gasteiger partial charge is 0.385 e. The van der Waals surface area contributed by atoms with E-state index in [-0.39, 0.29) is 12.2 Å². The molecule has 0 saturated heterocycles. The van der Waals surface area contributed by atoms with Crippen LogP contribution in [0.5, 0.6) is 0 Å². The summed E-state index contributed by atoms with van der Waals surface area (Å²) in [6.07, 6.45) is 1.25. The third-order valence-electron chi connectivity index (χ3n) is 2.05. The average Bonchev–Trinajstić information content (AvgIpc) is 2.20. The van der Waals surface area contributed by atoms with E-state index in [4.69, 9.17) is 5.73 Å². The molecule has 0 spiro atoms. The molecule has 0 aliphatic rings. The highest BCUT2D eigenvalue weighted by Crippen LogP contribution is 2.09. The lowest BCUT2D eigenvalue weighted by Crippen LogP contribution is -2.21. The summed E-state index contributed by atoms with van der Waals surface area (Å²) in [7, 11) is 0. The van der Waals surface area contributed by atoms with E-state index in [9.17, 15) is 9.90 Å². The van der Waals surface area contributed by atoms with Crippen molar-refractivity contribution in [3.63, 3.8) is 0 Å². The summed E-state index contributed by atoms with van der Waals surface area (Å²) in [5.74, 6) is 0.136. The molecule has 1 unspecified atom stereocenters. The third-order valence-corrected chi connectivity index (χ3v) is 2.05. The van der Waals surface area contributed by atoms with Crippen molar-refractivity contribution in [2.75, 3.05) is 5.73 Å². The normalized spacial score (nSPS) is 12.4. The number of pyridine rings is 1. The van der Waals surface area contributed by atoms with Crippen molar-refractivity contribution in [1.82, 2.24) is 4.98 Å². The summed E-state index contributed by atoms with van der Waals surface area (Å²) in [4.78, 5) is 15.2. The standard InChI is InChI=1S/C10H14N2O2/c1-2-8(13)9(14)6-7-4-3-5-12-10(7)11/h3-5,8,13H,2,6H2,1H3,(H2,11,12). The number of aromatic nitrogens is 1. The Labute approximate surface area is 82.8 Å². The minimum atomic E-state index is -0.894. The summed E-state index contributed by atoms with van der Waals surface area (Å²) < 4.78 is 0. The lowest BCUT2D eigenvalue weighted by Gasteiger charge is -2.07. The monoisotopic (exact) mass is 194 g/mol. The van der Waals surface area contributed by atoms with Crippen LogP contribution in [-0.4, -0.2) is 22.0 Å². The summed E-state index contributed by atoms with van der Waals surface area (Å²) >= 11 is 0. The van der Waals surface area contributed by atoms with Crippen LogP contribution in [0.15, 0.2) is 18.3 Å². The average molecular weight is 194 g/mol. The molecule has 1 atom stereocenters. The van der Waals surface area contributed by atoms with Gasteiger partial charge in [-0.15, -0.1) is 0 Å². The number of Topliss-reactive ketones (excluding diaryl/α,β-unsaturated/α-hetero) is 1. The Bertz CT molecular complexity index is 326. The molecule has 0 bridgehead atoms. The predicted octanol–water partition coefficient (Wildman–Crippen LogP) is 0.546. The van der Waals surface area contributed by atoms with Gasteiger partial charge >= 0.3 is 0 Å². The number of nitrogens with two attached hydrogens (primary N) is 1. The topological polar surface area (TPSA) is 76.2 Å². The van der Waals surface area contributed by atoms with Crippen molar-refractivity contribution < 1.29 is 9.90 Å². The molecule has 14 heavy (non-hydrogen) atoms. The lowest BCUT2D eigenvalue weighted by molar-refractivity contribution is -0.126. The van der Waals surface area contributed by atoms with Crippen LogP contribution < -0.4 is 5.73 Å². The van der Waals surface area contributed by atoms with E-state index >= 15 is 0 Å². The number of hydrogen-bond donors (Lipinski definition) is 2. The molecule has 1 aromatic heterocycles. The van der Waals surface area contributed by atoms with E-state index in [1.165, 1.54) is 0 Å². The number of aliphatic hydroxyl groups is 1. The van der Waals surface area contributed by atoms with Crippen LogP contribution in [0.25, 0.3) is 0 Å². The number of aliphatic hydroxyl groups excluding tert-OH is 1. The first-order valence-corrected chi connectivity index (χ1v) is 4.55. The van der Waals surface area contributed by atoms with Crippen molar-refractivity contribution in [3.05, 3.63) is 23.9 Å². The fourth-order valence-electron chi connectivity index (χ4n) is 1.13. The van der Waals surface area contributed by atoms with Crippen LogP contribution in [0.1, 0.15) is 18.9 Å². The number of nitrogens with zero attached hydrogens (tertiary/aromatic N) is 1. The molecule has 0 aromatic carbocycles. The van der Waals surface area contributed by atoms with Crippen LogP contribution in [-0.2, 0) is 11.2 Å². The van der Waals surface area contributed by atoms with E-state index in [0.717, 1.165) is 0 Å². The minimum Gasteiger partial charge on any atom is -0.385 e. The summed E-state index contributed by atoms with van der Waals surface area (Å²) in [6.45, 7) is 1.76. The van der Waals surface area contributed by atoms with Gasteiger partial charge in [0.25, 0.3) is 0 Å². The molecular formula is C10H14N2O2. The number of rotatable bonds is 4. The highest BCUT2D eigenvalue weighted by molar-refractivity contribution is 5.85. The van der Waals surface area contributed by atoms with Crippen molar-refractivity contribution in [3.8, 4) is 0 Å². The van der Waals surface area contributed by atoms with Crippen molar-refractivity contribution in [1.29, 1.82) is 0 Å². The zero-order valence-electron chi connectivity index (χ0n) is 8.10. The maximum atomic E-state index is 11.4. The fraction of sp³-hybridized carbons (Fsp3) is 0.400. The number of ketones is 1. The number of anilines is 1. The highest BCUT2D eigenvalue weighted by atomic mass is 16.3. The smallest absolute Gasteiger partial charge is 0.165 e. The quantitative estimate of drug-likeness (QED) is 0.733. The van der Waals surface area contributed by atoms with E-state index in [2.05, 4.69) is 4.98 Å². The molecule has 3 N–H and O–H groups in total. The number of carbonyl (C=O) groups is 1. The molecule has 4 heteroatoms. The second-order valence-corrected chi connectivity index (χ2v) is 3.11. The van der Waals surface area contributed by atoms with Gasteiger partial charge in [0.05, 0.1) is 0 Å². The van der Waals surface area contributed by atoms with Gasteiger partial charge in [-0.1, -0.05) is 13.0 Å². The highest BCUT2D eigenvalue weighted by Gasteiger charge is 2.14. The molecule has 0 amide bonds. The van der Waals surface area contributed by atoms with E-state index in [1.807, 2.05) is 0 Å². The molecular weight excluding hydrogens is 180 g/mol. The molecule has 4 nitrogen and oxygen atoms in total. The summed E-state index contributed by atoms with van der Waals surface area (Å²) in [5.41, 5.74) is 6.24. The van der Waals surface area contributed by atoms with Crippen LogP contribution in [0, 0.1) is 0 Å². The van der Waals surface area contributed by atoms with Crippen LogP contribution in [0.4, 0.5) is 5.82 Å². The number of hydrogen-bond acceptors (Lipinski definition) is 4. The first-order valence-electron chi connectivity index (χ1n) is 4.55. The van der Waals surface area contributed by atoms with Crippen LogP contribution in [0.2, 0.25) is 0 Å². The van der Waals surface area contributed by atoms with E-state index in [1.54, 1.807) is 25.3 Å². The van der Waals surface area contributed by atoms with E-state index < -0.39 is 6.10 Å². The second kappa shape index (κ2) is 4.72. The van der Waals surface area contributed by atoms with Crippen molar-refractivity contribution in [2.45, 2.75) is 25.9 Å². The third kappa shape index (κ3) is 2.53. The van der Waals surface area contributed by atoms with E-state index in [0.29, 0.717) is 17.8 Å². The molecule has 0 fully saturated rings. The van der Waals surface area contributed by atoms with Gasteiger partial charge in [0.15, 0.2) is 5.78 Å². The van der Waals surface area contributed by atoms with Gasteiger partial charge < -0.3 is 10.8 Å². The fourth-order valence-corrected chi connectivity index (χ4v) is 1.13. The molecule has 1 rings (SSSR count). The van der Waals surface area contributed by atoms with Gasteiger partial charge in [0.2, 0.25) is 0 Å². The first kappa shape index (κ1) is 10.7. The van der Waals surface area contributed by atoms with Crippen molar-refractivity contribution >= 4 is 11.6 Å². The zero-order valence-corrected chi connectivity index (χ0v) is 8.10. The van der Waals surface area contributed by atoms with Crippen LogP contribution >= 0.6 is 0 Å². The lowest BCUT2D eigenvalue weighted by atomic mass is 10.0. The molecule has 0 radical (unpaired) electrons. The second-order valence-electron chi connectivity index (χ2n) is 3.11. The Morgan fingerprint density at radius 3 is 3.00 bits per heavy atom. The Morgan fingerprint density at radius 1 is 1.71 bits per heavy atom. The van der Waals surface area contributed by atoms with Crippen molar-refractivity contribution in [2.24, 2.45) is 0 Å². The first-order chi connectivity index (χ1) is 6.65. The molecule has 76 valence electrons. The predicted molar refractivity (Wildman–Crippen MR) is 53.7 cm³/mol. The maximum absolute atomic E-state index is 11.4. The molecule has 0 aliphatic carbocycles. The summed E-state index contributed by atoms with van der Waals surface area (Å²) in [5, 5.41) is 9.27. The number of carbonyl (C=O) groups excluding carboxylic acids is 1. The Hall–Kier alpha value is -1.42.